The van der Waals surface area contributed by atoms with E-state index in [2.05, 4.69) is 0 Å². The normalized spacial score (nSPS) is 20.8. The maximum Gasteiger partial charge on any atom is 0.410 e. The van der Waals surface area contributed by atoms with Gasteiger partial charge in [0.25, 0.3) is 0 Å². The molecule has 6 nitrogen and oxygen atoms in total. The molecule has 0 radical (unpaired) electrons. The molecule has 1 aliphatic carbocycles. The maximum atomic E-state index is 12.7. The molecule has 0 aromatic heterocycles. The van der Waals surface area contributed by atoms with Crippen LogP contribution in [0.4, 0.5) is 4.79 Å². The van der Waals surface area contributed by atoms with E-state index >= 15 is 0 Å². The van der Waals surface area contributed by atoms with Crippen LogP contribution in [0.1, 0.15) is 62.4 Å². The predicted octanol–water partition coefficient (Wildman–Crippen LogP) is 3.43. The minimum atomic E-state index is -0.975. The third kappa shape index (κ3) is 5.74. The Bertz CT molecular complexity index is 597. The molecule has 1 aromatic carbocycles. The van der Waals surface area contributed by atoms with Crippen molar-refractivity contribution in [2.45, 2.75) is 70.7 Å². The van der Waals surface area contributed by atoms with Crippen LogP contribution in [0.3, 0.4) is 0 Å². The Hall–Kier alpha value is -2.08. The first-order chi connectivity index (χ1) is 11.7. The van der Waals surface area contributed by atoms with E-state index in [0.717, 1.165) is 18.4 Å². The highest BCUT2D eigenvalue weighted by atomic mass is 16.6. The van der Waals surface area contributed by atoms with Gasteiger partial charge in [-0.3, -0.25) is 0 Å². The fraction of sp³-hybridized carbons (Fsp3) is 0.579. The van der Waals surface area contributed by atoms with Gasteiger partial charge in [-0.15, -0.1) is 0 Å². The Morgan fingerprint density at radius 1 is 1.12 bits per heavy atom. The Morgan fingerprint density at radius 3 is 2.16 bits per heavy atom. The van der Waals surface area contributed by atoms with Gasteiger partial charge in [0.2, 0.25) is 0 Å². The molecule has 1 fully saturated rings. The minimum Gasteiger partial charge on any atom is -0.478 e. The first-order valence-electron chi connectivity index (χ1n) is 8.65. The molecule has 25 heavy (non-hydrogen) atoms. The maximum absolute atomic E-state index is 12.7. The van der Waals surface area contributed by atoms with Crippen molar-refractivity contribution in [3.05, 3.63) is 35.4 Å². The largest absolute Gasteiger partial charge is 0.478 e. The zero-order valence-electron chi connectivity index (χ0n) is 15.1. The summed E-state index contributed by atoms with van der Waals surface area (Å²) in [6.45, 7) is 5.84. The van der Waals surface area contributed by atoms with Gasteiger partial charge in [0.15, 0.2) is 0 Å². The third-order valence-corrected chi connectivity index (χ3v) is 4.29. The lowest BCUT2D eigenvalue weighted by Crippen LogP contribution is -2.45. The SMILES string of the molecule is CC(C)(C)OC(=O)N(Cc1ccc(C(=O)O)cc1)C1CCC(O)CC1. The third-order valence-electron chi connectivity index (χ3n) is 4.29. The molecular weight excluding hydrogens is 322 g/mol. The molecule has 0 heterocycles. The van der Waals surface area contributed by atoms with Crippen molar-refractivity contribution in [1.82, 2.24) is 4.90 Å². The summed E-state index contributed by atoms with van der Waals surface area (Å²) in [4.78, 5) is 25.3. The number of carboxylic acid groups (broad SMARTS) is 1. The fourth-order valence-electron chi connectivity index (χ4n) is 2.98. The number of aliphatic hydroxyl groups is 1. The molecule has 0 spiro atoms. The van der Waals surface area contributed by atoms with Gasteiger partial charge < -0.3 is 19.8 Å². The van der Waals surface area contributed by atoms with Gasteiger partial charge in [0, 0.05) is 12.6 Å². The zero-order chi connectivity index (χ0) is 18.6. The Labute approximate surface area is 148 Å². The monoisotopic (exact) mass is 349 g/mol. The van der Waals surface area contributed by atoms with Gasteiger partial charge in [-0.1, -0.05) is 12.1 Å². The number of carboxylic acids is 1. The Kier molecular flexibility index (Phi) is 6.06. The van der Waals surface area contributed by atoms with E-state index in [9.17, 15) is 14.7 Å². The number of ether oxygens (including phenoxy) is 1. The standard InChI is InChI=1S/C19H27NO5/c1-19(2,3)25-18(24)20(15-8-10-16(21)11-9-15)12-13-4-6-14(7-5-13)17(22)23/h4-7,15-16,21H,8-12H2,1-3H3,(H,22,23). The number of nitrogens with zero attached hydrogens (tertiary/aromatic N) is 1. The lowest BCUT2D eigenvalue weighted by atomic mass is 9.92. The molecule has 0 saturated heterocycles. The van der Waals surface area contributed by atoms with Crippen LogP contribution >= 0.6 is 0 Å². The van der Waals surface area contributed by atoms with Crippen LogP contribution in [-0.2, 0) is 11.3 Å². The van der Waals surface area contributed by atoms with E-state index < -0.39 is 11.6 Å². The van der Waals surface area contributed by atoms with Crippen molar-refractivity contribution >= 4 is 12.1 Å². The number of rotatable bonds is 4. The van der Waals surface area contributed by atoms with Gasteiger partial charge in [0.1, 0.15) is 5.60 Å². The van der Waals surface area contributed by atoms with Crippen molar-refractivity contribution in [3.8, 4) is 0 Å². The molecule has 1 saturated carbocycles. The number of carbonyl (C=O) groups excluding carboxylic acids is 1. The van der Waals surface area contributed by atoms with Crippen LogP contribution in [-0.4, -0.2) is 44.9 Å². The molecule has 1 aliphatic rings. The molecule has 0 bridgehead atoms. The topological polar surface area (TPSA) is 87.1 Å². The molecule has 2 rings (SSSR count). The van der Waals surface area contributed by atoms with E-state index in [0.29, 0.717) is 19.4 Å². The second-order valence-electron chi connectivity index (χ2n) is 7.57. The predicted molar refractivity (Wildman–Crippen MR) is 93.4 cm³/mol. The molecule has 138 valence electrons. The molecule has 0 atom stereocenters. The molecule has 0 unspecified atom stereocenters. The summed E-state index contributed by atoms with van der Waals surface area (Å²) in [5.41, 5.74) is 0.478. The molecule has 0 aliphatic heterocycles. The second-order valence-corrected chi connectivity index (χ2v) is 7.57. The first-order valence-corrected chi connectivity index (χ1v) is 8.65. The highest BCUT2D eigenvalue weighted by Crippen LogP contribution is 2.26. The lowest BCUT2D eigenvalue weighted by molar-refractivity contribution is 0.00268. The van der Waals surface area contributed by atoms with E-state index in [1.165, 1.54) is 12.1 Å². The van der Waals surface area contributed by atoms with Crippen molar-refractivity contribution in [1.29, 1.82) is 0 Å². The van der Waals surface area contributed by atoms with Crippen molar-refractivity contribution in [2.24, 2.45) is 0 Å². The van der Waals surface area contributed by atoms with E-state index in [1.54, 1.807) is 17.0 Å². The van der Waals surface area contributed by atoms with Gasteiger partial charge in [-0.2, -0.15) is 0 Å². The average Bonchev–Trinajstić information content (AvgIpc) is 2.52. The highest BCUT2D eigenvalue weighted by molar-refractivity contribution is 5.87. The van der Waals surface area contributed by atoms with Crippen LogP contribution < -0.4 is 0 Å². The van der Waals surface area contributed by atoms with Crippen molar-refractivity contribution in [2.75, 3.05) is 0 Å². The first kappa shape index (κ1) is 19.2. The van der Waals surface area contributed by atoms with Crippen LogP contribution in [0, 0.1) is 0 Å². The van der Waals surface area contributed by atoms with Gasteiger partial charge >= 0.3 is 12.1 Å². The number of hydrogen-bond donors (Lipinski definition) is 2. The van der Waals surface area contributed by atoms with Crippen molar-refractivity contribution in [3.63, 3.8) is 0 Å². The molecule has 2 N–H and O–H groups in total. The van der Waals surface area contributed by atoms with E-state index in [-0.39, 0.29) is 23.8 Å². The van der Waals surface area contributed by atoms with Crippen molar-refractivity contribution < 1.29 is 24.5 Å². The number of amides is 1. The van der Waals surface area contributed by atoms with E-state index in [1.807, 2.05) is 20.8 Å². The average molecular weight is 349 g/mol. The molecular formula is C19H27NO5. The Morgan fingerprint density at radius 2 is 1.68 bits per heavy atom. The summed E-state index contributed by atoms with van der Waals surface area (Å²) in [5.74, 6) is -0.975. The fourth-order valence-corrected chi connectivity index (χ4v) is 2.98. The van der Waals surface area contributed by atoms with Gasteiger partial charge in [-0.05, 0) is 64.2 Å². The summed E-state index contributed by atoms with van der Waals surface area (Å²) in [5, 5.41) is 18.7. The summed E-state index contributed by atoms with van der Waals surface area (Å²) in [6, 6.07) is 6.53. The summed E-state index contributed by atoms with van der Waals surface area (Å²) < 4.78 is 5.54. The molecule has 1 amide bonds. The second kappa shape index (κ2) is 7.87. The number of hydrogen-bond acceptors (Lipinski definition) is 4. The van der Waals surface area contributed by atoms with Crippen LogP contribution in [0.2, 0.25) is 0 Å². The van der Waals surface area contributed by atoms with Crippen LogP contribution in [0.25, 0.3) is 0 Å². The number of aliphatic hydroxyl groups excluding tert-OH is 1. The molecule has 6 heteroatoms. The van der Waals surface area contributed by atoms with E-state index in [4.69, 9.17) is 9.84 Å². The number of benzene rings is 1. The zero-order valence-corrected chi connectivity index (χ0v) is 15.1. The summed E-state index contributed by atoms with van der Waals surface area (Å²) >= 11 is 0. The number of aromatic carboxylic acids is 1. The number of carbonyl (C=O) groups is 2. The minimum absolute atomic E-state index is 0.0115. The van der Waals surface area contributed by atoms with Gasteiger partial charge in [0.05, 0.1) is 11.7 Å². The summed E-state index contributed by atoms with van der Waals surface area (Å²) in [6.07, 6.45) is 2.12. The van der Waals surface area contributed by atoms with Crippen LogP contribution in [0.5, 0.6) is 0 Å². The Balaban J connectivity index is 2.15. The highest BCUT2D eigenvalue weighted by Gasteiger charge is 2.31. The lowest BCUT2D eigenvalue weighted by Gasteiger charge is -2.36. The summed E-state index contributed by atoms with van der Waals surface area (Å²) in [7, 11) is 0. The smallest absolute Gasteiger partial charge is 0.410 e. The van der Waals surface area contributed by atoms with Crippen LogP contribution in [0.15, 0.2) is 24.3 Å². The van der Waals surface area contributed by atoms with Gasteiger partial charge in [-0.25, -0.2) is 9.59 Å². The molecule has 1 aromatic rings. The quantitative estimate of drug-likeness (QED) is 0.869.